The van der Waals surface area contributed by atoms with E-state index in [2.05, 4.69) is 5.10 Å². The number of fused-ring (bicyclic) bond motifs is 1. The number of carbonyl (C=O) groups is 2. The van der Waals surface area contributed by atoms with Crippen molar-refractivity contribution in [2.75, 3.05) is 13.1 Å². The van der Waals surface area contributed by atoms with Gasteiger partial charge >= 0.3 is 11.7 Å². The first kappa shape index (κ1) is 16.4. The number of rotatable bonds is 4. The first-order chi connectivity index (χ1) is 11.2. The van der Waals surface area contributed by atoms with Crippen LogP contribution in [0, 0.1) is 21.4 Å². The molecule has 1 saturated heterocycles. The van der Waals surface area contributed by atoms with Crippen molar-refractivity contribution in [3.05, 3.63) is 22.5 Å². The summed E-state index contributed by atoms with van der Waals surface area (Å²) in [5.74, 6) is -1.13. The molecular formula is C15H20N4O5. The second-order valence-electron chi connectivity index (χ2n) is 7.20. The van der Waals surface area contributed by atoms with E-state index in [0.29, 0.717) is 13.0 Å². The monoisotopic (exact) mass is 336 g/mol. The lowest BCUT2D eigenvalue weighted by Gasteiger charge is -2.30. The summed E-state index contributed by atoms with van der Waals surface area (Å²) in [4.78, 5) is 36.5. The summed E-state index contributed by atoms with van der Waals surface area (Å²) < 4.78 is 1.27. The van der Waals surface area contributed by atoms with Crippen molar-refractivity contribution in [2.24, 2.45) is 11.3 Å². The lowest BCUT2D eigenvalue weighted by atomic mass is 9.81. The third kappa shape index (κ3) is 2.26. The maximum atomic E-state index is 12.9. The van der Waals surface area contributed by atoms with Crippen LogP contribution < -0.4 is 0 Å². The Labute approximate surface area is 138 Å². The van der Waals surface area contributed by atoms with E-state index in [4.69, 9.17) is 0 Å². The van der Waals surface area contributed by atoms with Crippen LogP contribution in [0.4, 0.5) is 5.69 Å². The number of nitrogens with zero attached hydrogens (tertiary/aromatic N) is 4. The number of nitro groups is 1. The summed E-state index contributed by atoms with van der Waals surface area (Å²) in [5, 5.41) is 24.4. The largest absolute Gasteiger partial charge is 0.481 e. The van der Waals surface area contributed by atoms with Gasteiger partial charge in [-0.15, -0.1) is 0 Å². The van der Waals surface area contributed by atoms with Gasteiger partial charge in [0.15, 0.2) is 0 Å². The Morgan fingerprint density at radius 3 is 2.75 bits per heavy atom. The highest BCUT2D eigenvalue weighted by atomic mass is 16.6. The smallest absolute Gasteiger partial charge is 0.311 e. The van der Waals surface area contributed by atoms with Gasteiger partial charge in [-0.05, 0) is 32.6 Å². The molecule has 2 atom stereocenters. The van der Waals surface area contributed by atoms with E-state index in [9.17, 15) is 24.8 Å². The number of aliphatic carboxylic acids is 1. The van der Waals surface area contributed by atoms with E-state index in [1.165, 1.54) is 10.9 Å². The molecule has 9 heteroatoms. The molecule has 1 N–H and O–H groups in total. The van der Waals surface area contributed by atoms with Crippen LogP contribution in [-0.2, 0) is 15.1 Å². The Balaban J connectivity index is 1.83. The molecule has 2 heterocycles. The molecule has 130 valence electrons. The van der Waals surface area contributed by atoms with Crippen molar-refractivity contribution >= 4 is 17.6 Å². The Morgan fingerprint density at radius 2 is 2.21 bits per heavy atom. The zero-order chi connectivity index (χ0) is 17.7. The van der Waals surface area contributed by atoms with Crippen LogP contribution >= 0.6 is 0 Å². The van der Waals surface area contributed by atoms with E-state index in [1.54, 1.807) is 18.7 Å². The van der Waals surface area contributed by atoms with Gasteiger partial charge in [-0.2, -0.15) is 5.10 Å². The number of likely N-dealkylation sites (tertiary alicyclic amines) is 1. The van der Waals surface area contributed by atoms with Gasteiger partial charge in [-0.3, -0.25) is 24.4 Å². The third-order valence-electron chi connectivity index (χ3n) is 5.46. The van der Waals surface area contributed by atoms with Crippen molar-refractivity contribution < 1.29 is 19.6 Å². The number of aromatic nitrogens is 2. The first-order valence-corrected chi connectivity index (χ1v) is 7.91. The highest BCUT2D eigenvalue weighted by molar-refractivity contribution is 5.86. The summed E-state index contributed by atoms with van der Waals surface area (Å²) in [6.07, 6.45) is 4.59. The van der Waals surface area contributed by atoms with Crippen molar-refractivity contribution in [3.8, 4) is 0 Å². The molecule has 2 aliphatic rings. The van der Waals surface area contributed by atoms with Crippen molar-refractivity contribution in [1.29, 1.82) is 0 Å². The van der Waals surface area contributed by atoms with Crippen LogP contribution in [0.3, 0.4) is 0 Å². The fourth-order valence-corrected chi connectivity index (χ4v) is 3.99. The Hall–Kier alpha value is -2.45. The molecule has 0 unspecified atom stereocenters. The number of carboxylic acid groups (broad SMARTS) is 1. The predicted octanol–water partition coefficient (Wildman–Crippen LogP) is 1.24. The topological polar surface area (TPSA) is 119 Å². The quantitative estimate of drug-likeness (QED) is 0.652. The molecule has 9 nitrogen and oxygen atoms in total. The molecule has 1 saturated carbocycles. The minimum absolute atomic E-state index is 0.0262. The number of hydrogen-bond acceptors (Lipinski definition) is 5. The van der Waals surface area contributed by atoms with Gasteiger partial charge in [0.1, 0.15) is 17.9 Å². The molecule has 2 fully saturated rings. The second kappa shape index (κ2) is 5.29. The fraction of sp³-hybridized carbons (Fsp3) is 0.667. The highest BCUT2D eigenvalue weighted by Gasteiger charge is 2.57. The normalized spacial score (nSPS) is 26.4. The molecule has 0 radical (unpaired) electrons. The minimum Gasteiger partial charge on any atom is -0.481 e. The Morgan fingerprint density at radius 1 is 1.50 bits per heavy atom. The van der Waals surface area contributed by atoms with Crippen LogP contribution in [0.5, 0.6) is 0 Å². The van der Waals surface area contributed by atoms with Crippen molar-refractivity contribution in [2.45, 2.75) is 38.6 Å². The molecule has 1 amide bonds. The van der Waals surface area contributed by atoms with Gasteiger partial charge in [0.2, 0.25) is 5.91 Å². The van der Waals surface area contributed by atoms with E-state index < -0.39 is 21.8 Å². The number of hydrogen-bond donors (Lipinski definition) is 1. The predicted molar refractivity (Wildman–Crippen MR) is 82.2 cm³/mol. The van der Waals surface area contributed by atoms with Crippen LogP contribution in [-0.4, -0.2) is 49.7 Å². The van der Waals surface area contributed by atoms with Gasteiger partial charge in [0.25, 0.3) is 0 Å². The van der Waals surface area contributed by atoms with E-state index >= 15 is 0 Å². The molecule has 0 aromatic carbocycles. The molecule has 0 bridgehead atoms. The SMILES string of the molecule is CC(C)(C(=O)N1C[C@@H]2CCC[C@@]2(C(=O)O)C1)n1cc([N+](=O)[O-])cn1. The lowest BCUT2D eigenvalue weighted by Crippen LogP contribution is -2.47. The standard InChI is InChI=1S/C15H20N4O5/c1-14(2,18-8-11(6-16-18)19(23)24)12(20)17-7-10-4-3-5-15(10,9-17)13(21)22/h6,8,10H,3-5,7,9H2,1-2H3,(H,21,22)/t10-,15+/m0/s1. The Kier molecular flexibility index (Phi) is 3.61. The van der Waals surface area contributed by atoms with E-state index in [1.807, 2.05) is 0 Å². The minimum atomic E-state index is -1.12. The van der Waals surface area contributed by atoms with E-state index in [0.717, 1.165) is 19.0 Å². The maximum Gasteiger partial charge on any atom is 0.311 e. The van der Waals surface area contributed by atoms with Gasteiger partial charge in [-0.1, -0.05) is 6.42 Å². The van der Waals surface area contributed by atoms with Crippen LogP contribution in [0.2, 0.25) is 0 Å². The summed E-state index contributed by atoms with van der Waals surface area (Å²) in [7, 11) is 0. The zero-order valence-electron chi connectivity index (χ0n) is 13.6. The summed E-state index contributed by atoms with van der Waals surface area (Å²) in [6.45, 7) is 3.87. The zero-order valence-corrected chi connectivity index (χ0v) is 13.6. The van der Waals surface area contributed by atoms with Crippen LogP contribution in [0.15, 0.2) is 12.4 Å². The van der Waals surface area contributed by atoms with Crippen molar-refractivity contribution in [3.63, 3.8) is 0 Å². The van der Waals surface area contributed by atoms with Crippen molar-refractivity contribution in [1.82, 2.24) is 14.7 Å². The van der Waals surface area contributed by atoms with Crippen LogP contribution in [0.1, 0.15) is 33.1 Å². The molecule has 1 aliphatic carbocycles. The molecule has 1 aromatic rings. The summed E-state index contributed by atoms with van der Waals surface area (Å²) in [6, 6.07) is 0. The molecule has 3 rings (SSSR count). The summed E-state index contributed by atoms with van der Waals surface area (Å²) in [5.41, 5.74) is -2.15. The highest BCUT2D eigenvalue weighted by Crippen LogP contribution is 2.49. The average molecular weight is 336 g/mol. The van der Waals surface area contributed by atoms with E-state index in [-0.39, 0.29) is 24.1 Å². The summed E-state index contributed by atoms with van der Waals surface area (Å²) >= 11 is 0. The number of carbonyl (C=O) groups excluding carboxylic acids is 1. The van der Waals surface area contributed by atoms with Gasteiger partial charge < -0.3 is 10.0 Å². The van der Waals surface area contributed by atoms with Gasteiger partial charge in [-0.25, -0.2) is 0 Å². The molecule has 1 aliphatic heterocycles. The first-order valence-electron chi connectivity index (χ1n) is 7.91. The second-order valence-corrected chi connectivity index (χ2v) is 7.20. The molecule has 0 spiro atoms. The number of carboxylic acids is 1. The molecule has 1 aromatic heterocycles. The Bertz CT molecular complexity index is 712. The fourth-order valence-electron chi connectivity index (χ4n) is 3.99. The van der Waals surface area contributed by atoms with Gasteiger partial charge in [0, 0.05) is 13.1 Å². The lowest BCUT2D eigenvalue weighted by molar-refractivity contribution is -0.385. The van der Waals surface area contributed by atoms with Crippen LogP contribution in [0.25, 0.3) is 0 Å². The van der Waals surface area contributed by atoms with Gasteiger partial charge in [0.05, 0.1) is 10.3 Å². The molecular weight excluding hydrogens is 316 g/mol. The third-order valence-corrected chi connectivity index (χ3v) is 5.46. The maximum absolute atomic E-state index is 12.9. The number of amides is 1. The average Bonchev–Trinajstić information content (AvgIpc) is 3.19. The molecule has 24 heavy (non-hydrogen) atoms.